The van der Waals surface area contributed by atoms with Crippen LogP contribution in [0.2, 0.25) is 0 Å². The smallest absolute Gasteiger partial charge is 0.338 e. The number of hydrogen-bond acceptors (Lipinski definition) is 3. The Morgan fingerprint density at radius 3 is 2.61 bits per heavy atom. The monoisotopic (exact) mass is 244 g/mol. The van der Waals surface area contributed by atoms with Gasteiger partial charge in [0, 0.05) is 6.20 Å². The third kappa shape index (κ3) is 1.90. The SMILES string of the molecule is Cc1cn(-c2cccc(C)c2C(=O)O)nc1C=O. The second-order valence-corrected chi connectivity index (χ2v) is 4.03. The molecule has 0 unspecified atom stereocenters. The van der Waals surface area contributed by atoms with Gasteiger partial charge in [-0.2, -0.15) is 5.10 Å². The van der Waals surface area contributed by atoms with Gasteiger partial charge in [-0.1, -0.05) is 12.1 Å². The van der Waals surface area contributed by atoms with Gasteiger partial charge in [-0.25, -0.2) is 9.48 Å². The molecule has 0 amide bonds. The number of aromatic nitrogens is 2. The molecular formula is C13H12N2O3. The van der Waals surface area contributed by atoms with Gasteiger partial charge in [-0.3, -0.25) is 4.79 Å². The first-order valence-electron chi connectivity index (χ1n) is 5.39. The average Bonchev–Trinajstić information content (AvgIpc) is 2.69. The predicted octanol–water partition coefficient (Wildman–Crippen LogP) is 2.00. The standard InChI is InChI=1S/C13H12N2O3/c1-8-4-3-5-11(12(8)13(17)18)15-6-9(2)10(7-16)14-15/h3-7H,1-2H3,(H,17,18). The maximum Gasteiger partial charge on any atom is 0.338 e. The molecule has 1 heterocycles. The molecule has 0 saturated heterocycles. The molecule has 5 nitrogen and oxygen atoms in total. The summed E-state index contributed by atoms with van der Waals surface area (Å²) >= 11 is 0. The molecule has 0 fully saturated rings. The molecule has 5 heteroatoms. The Bertz CT molecular complexity index is 629. The Balaban J connectivity index is 2.66. The zero-order valence-corrected chi connectivity index (χ0v) is 10.0. The number of hydrogen-bond donors (Lipinski definition) is 1. The molecule has 1 aromatic heterocycles. The lowest BCUT2D eigenvalue weighted by molar-refractivity contribution is 0.0696. The van der Waals surface area contributed by atoms with Crippen molar-refractivity contribution in [3.05, 3.63) is 46.8 Å². The second kappa shape index (κ2) is 4.44. The summed E-state index contributed by atoms with van der Waals surface area (Å²) in [4.78, 5) is 22.0. The highest BCUT2D eigenvalue weighted by Gasteiger charge is 2.16. The normalized spacial score (nSPS) is 10.3. The molecule has 0 aliphatic heterocycles. The van der Waals surface area contributed by atoms with Crippen molar-refractivity contribution < 1.29 is 14.7 Å². The van der Waals surface area contributed by atoms with Crippen molar-refractivity contribution in [2.24, 2.45) is 0 Å². The minimum Gasteiger partial charge on any atom is -0.478 e. The molecule has 0 aliphatic carbocycles. The quantitative estimate of drug-likeness (QED) is 0.838. The number of carboxylic acids is 1. The largest absolute Gasteiger partial charge is 0.478 e. The fourth-order valence-electron chi connectivity index (χ4n) is 1.83. The van der Waals surface area contributed by atoms with Crippen LogP contribution in [0.4, 0.5) is 0 Å². The predicted molar refractivity (Wildman–Crippen MR) is 65.4 cm³/mol. The minimum atomic E-state index is -1.01. The summed E-state index contributed by atoms with van der Waals surface area (Å²) in [6.45, 7) is 3.48. The van der Waals surface area contributed by atoms with E-state index in [0.29, 0.717) is 28.8 Å². The number of rotatable bonds is 3. The minimum absolute atomic E-state index is 0.192. The third-order valence-electron chi connectivity index (χ3n) is 2.76. The summed E-state index contributed by atoms with van der Waals surface area (Å²) in [5, 5.41) is 13.3. The van der Waals surface area contributed by atoms with Crippen molar-refractivity contribution in [1.82, 2.24) is 9.78 Å². The van der Waals surface area contributed by atoms with E-state index in [-0.39, 0.29) is 5.56 Å². The van der Waals surface area contributed by atoms with Crippen molar-refractivity contribution in [2.45, 2.75) is 13.8 Å². The van der Waals surface area contributed by atoms with Crippen molar-refractivity contribution in [3.63, 3.8) is 0 Å². The number of carbonyl (C=O) groups excluding carboxylic acids is 1. The van der Waals surface area contributed by atoms with Gasteiger partial charge >= 0.3 is 5.97 Å². The van der Waals surface area contributed by atoms with E-state index in [1.165, 1.54) is 4.68 Å². The molecule has 92 valence electrons. The number of benzene rings is 1. The fraction of sp³-hybridized carbons (Fsp3) is 0.154. The summed E-state index contributed by atoms with van der Waals surface area (Å²) in [6.07, 6.45) is 2.30. The van der Waals surface area contributed by atoms with Gasteiger partial charge in [0.1, 0.15) is 5.69 Å². The van der Waals surface area contributed by atoms with E-state index in [4.69, 9.17) is 0 Å². The van der Waals surface area contributed by atoms with Crippen molar-refractivity contribution in [2.75, 3.05) is 0 Å². The van der Waals surface area contributed by atoms with Crippen LogP contribution in [0.1, 0.15) is 32.0 Å². The molecule has 2 aromatic rings. The van der Waals surface area contributed by atoms with Gasteiger partial charge in [0.25, 0.3) is 0 Å². The number of aldehydes is 1. The summed E-state index contributed by atoms with van der Waals surface area (Å²) in [6, 6.07) is 5.15. The topological polar surface area (TPSA) is 72.2 Å². The maximum absolute atomic E-state index is 11.3. The van der Waals surface area contributed by atoms with Gasteiger partial charge in [0.05, 0.1) is 11.3 Å². The lowest BCUT2D eigenvalue weighted by Crippen LogP contribution is -2.08. The van der Waals surface area contributed by atoms with E-state index in [1.807, 2.05) is 0 Å². The molecule has 0 bridgehead atoms. The molecule has 1 N–H and O–H groups in total. The number of aryl methyl sites for hydroxylation is 2. The Morgan fingerprint density at radius 2 is 2.06 bits per heavy atom. The molecule has 1 aromatic carbocycles. The molecular weight excluding hydrogens is 232 g/mol. The first kappa shape index (κ1) is 12.0. The summed E-state index contributed by atoms with van der Waals surface area (Å²) in [5.41, 5.74) is 2.33. The summed E-state index contributed by atoms with van der Waals surface area (Å²) < 4.78 is 1.43. The first-order chi connectivity index (χ1) is 8.54. The van der Waals surface area contributed by atoms with Crippen molar-refractivity contribution >= 4 is 12.3 Å². The van der Waals surface area contributed by atoms with Gasteiger partial charge in [0.2, 0.25) is 0 Å². The van der Waals surface area contributed by atoms with E-state index in [0.717, 1.165) is 0 Å². The molecule has 0 spiro atoms. The zero-order chi connectivity index (χ0) is 13.3. The van der Waals surface area contributed by atoms with Crippen molar-refractivity contribution in [1.29, 1.82) is 0 Å². The van der Waals surface area contributed by atoms with Crippen LogP contribution in [0.5, 0.6) is 0 Å². The van der Waals surface area contributed by atoms with Crippen LogP contribution in [0.3, 0.4) is 0 Å². The number of nitrogens with zero attached hydrogens (tertiary/aromatic N) is 2. The van der Waals surface area contributed by atoms with Crippen LogP contribution in [0, 0.1) is 13.8 Å². The Kier molecular flexibility index (Phi) is 2.97. The molecule has 2 rings (SSSR count). The van der Waals surface area contributed by atoms with Crippen LogP contribution in [0.15, 0.2) is 24.4 Å². The fourth-order valence-corrected chi connectivity index (χ4v) is 1.83. The van der Waals surface area contributed by atoms with Crippen molar-refractivity contribution in [3.8, 4) is 5.69 Å². The van der Waals surface area contributed by atoms with E-state index >= 15 is 0 Å². The highest BCUT2D eigenvalue weighted by atomic mass is 16.4. The average molecular weight is 244 g/mol. The van der Waals surface area contributed by atoms with Gasteiger partial charge < -0.3 is 5.11 Å². The van der Waals surface area contributed by atoms with E-state index in [1.54, 1.807) is 38.2 Å². The van der Waals surface area contributed by atoms with Crippen LogP contribution in [-0.2, 0) is 0 Å². The van der Waals surface area contributed by atoms with Crippen LogP contribution >= 0.6 is 0 Å². The lowest BCUT2D eigenvalue weighted by Gasteiger charge is -2.08. The first-order valence-corrected chi connectivity index (χ1v) is 5.39. The van der Waals surface area contributed by atoms with Crippen LogP contribution in [-0.4, -0.2) is 27.1 Å². The lowest BCUT2D eigenvalue weighted by atomic mass is 10.1. The molecule has 18 heavy (non-hydrogen) atoms. The molecule has 0 radical (unpaired) electrons. The highest BCUT2D eigenvalue weighted by molar-refractivity contribution is 5.93. The van der Waals surface area contributed by atoms with Crippen LogP contribution in [0.25, 0.3) is 5.69 Å². The zero-order valence-electron chi connectivity index (χ0n) is 10.0. The Hall–Kier alpha value is -2.43. The Labute approximate surface area is 104 Å². The molecule has 0 saturated carbocycles. The van der Waals surface area contributed by atoms with Gasteiger partial charge in [0.15, 0.2) is 6.29 Å². The van der Waals surface area contributed by atoms with E-state index in [2.05, 4.69) is 5.10 Å². The van der Waals surface area contributed by atoms with E-state index in [9.17, 15) is 14.7 Å². The molecule has 0 atom stereocenters. The Morgan fingerprint density at radius 1 is 1.33 bits per heavy atom. The number of aromatic carboxylic acids is 1. The highest BCUT2D eigenvalue weighted by Crippen LogP contribution is 2.19. The summed E-state index contributed by atoms with van der Waals surface area (Å²) in [7, 11) is 0. The van der Waals surface area contributed by atoms with Gasteiger partial charge in [-0.05, 0) is 31.0 Å². The number of carboxylic acid groups (broad SMARTS) is 1. The second-order valence-electron chi connectivity index (χ2n) is 4.03. The third-order valence-corrected chi connectivity index (χ3v) is 2.76. The van der Waals surface area contributed by atoms with E-state index < -0.39 is 5.97 Å². The summed E-state index contributed by atoms with van der Waals surface area (Å²) in [5.74, 6) is -1.01. The number of carbonyl (C=O) groups is 2. The van der Waals surface area contributed by atoms with Gasteiger partial charge in [-0.15, -0.1) is 0 Å². The van der Waals surface area contributed by atoms with Crippen LogP contribution < -0.4 is 0 Å². The maximum atomic E-state index is 11.3. The molecule has 0 aliphatic rings.